The molecule has 1 aromatic carbocycles. The Morgan fingerprint density at radius 2 is 1.59 bits per heavy atom. The normalized spacial score (nSPS) is 11.0. The molecular formula is C16H21N3O8. The van der Waals surface area contributed by atoms with Crippen LogP contribution in [0.5, 0.6) is 17.2 Å². The Hall–Kier alpha value is -3.50. The molecule has 0 bridgehead atoms. The molecule has 0 aromatic heterocycles. The van der Waals surface area contributed by atoms with Crippen molar-refractivity contribution < 1.29 is 38.1 Å². The van der Waals surface area contributed by atoms with E-state index in [1.54, 1.807) is 5.32 Å². The van der Waals surface area contributed by atoms with E-state index < -0.39 is 36.5 Å². The number of methoxy groups -OCH3 is 3. The minimum atomic E-state index is -1.26. The van der Waals surface area contributed by atoms with E-state index >= 15 is 0 Å². The maximum Gasteiger partial charge on any atom is 0.326 e. The van der Waals surface area contributed by atoms with Gasteiger partial charge in [-0.25, -0.2) is 4.79 Å². The molecular weight excluding hydrogens is 362 g/mol. The molecule has 0 radical (unpaired) electrons. The van der Waals surface area contributed by atoms with Gasteiger partial charge in [-0.3, -0.25) is 19.7 Å². The summed E-state index contributed by atoms with van der Waals surface area (Å²) >= 11 is 0. The first-order valence-corrected chi connectivity index (χ1v) is 7.61. The Bertz CT molecular complexity index is 709. The lowest BCUT2D eigenvalue weighted by molar-refractivity contribution is -0.153. The fraction of sp³-hybridized carbons (Fsp3) is 0.375. The summed E-state index contributed by atoms with van der Waals surface area (Å²) in [5.74, 6) is -1.54. The molecule has 1 atom stereocenters. The SMILES string of the molecule is COc1cc(C(=O)NCC(=O)OC(C)C(=O)NC(N)=O)cc(OC)c1OC. The van der Waals surface area contributed by atoms with Gasteiger partial charge in [0.05, 0.1) is 21.3 Å². The summed E-state index contributed by atoms with van der Waals surface area (Å²) in [6.07, 6.45) is -1.26. The van der Waals surface area contributed by atoms with Crippen LogP contribution >= 0.6 is 0 Å². The third kappa shape index (κ3) is 6.06. The molecule has 148 valence electrons. The van der Waals surface area contributed by atoms with Crippen LogP contribution in [0.15, 0.2) is 12.1 Å². The third-order valence-electron chi connectivity index (χ3n) is 3.24. The highest BCUT2D eigenvalue weighted by Gasteiger charge is 2.21. The van der Waals surface area contributed by atoms with Gasteiger partial charge in [0.2, 0.25) is 5.75 Å². The van der Waals surface area contributed by atoms with Crippen molar-refractivity contribution in [2.45, 2.75) is 13.0 Å². The number of benzene rings is 1. The minimum absolute atomic E-state index is 0.150. The second kappa shape index (κ2) is 9.85. The van der Waals surface area contributed by atoms with Gasteiger partial charge in [0.25, 0.3) is 11.8 Å². The maximum absolute atomic E-state index is 12.2. The van der Waals surface area contributed by atoms with E-state index in [-0.39, 0.29) is 17.1 Å². The van der Waals surface area contributed by atoms with Gasteiger partial charge >= 0.3 is 12.0 Å². The van der Waals surface area contributed by atoms with Crippen molar-refractivity contribution in [3.63, 3.8) is 0 Å². The molecule has 0 heterocycles. The predicted octanol–water partition coefficient (Wildman–Crippen LogP) is -0.431. The van der Waals surface area contributed by atoms with E-state index in [1.165, 1.54) is 40.4 Å². The van der Waals surface area contributed by atoms with Gasteiger partial charge in [0.15, 0.2) is 17.6 Å². The summed E-state index contributed by atoms with van der Waals surface area (Å²) in [4.78, 5) is 46.0. The van der Waals surface area contributed by atoms with E-state index in [0.717, 1.165) is 0 Å². The molecule has 11 heteroatoms. The highest BCUT2D eigenvalue weighted by atomic mass is 16.5. The van der Waals surface area contributed by atoms with Gasteiger partial charge in [-0.15, -0.1) is 0 Å². The molecule has 4 N–H and O–H groups in total. The van der Waals surface area contributed by atoms with Gasteiger partial charge in [0.1, 0.15) is 6.54 Å². The van der Waals surface area contributed by atoms with Crippen LogP contribution in [-0.2, 0) is 14.3 Å². The number of rotatable bonds is 8. The largest absolute Gasteiger partial charge is 0.493 e. The molecule has 0 aliphatic rings. The van der Waals surface area contributed by atoms with Gasteiger partial charge in [0, 0.05) is 5.56 Å². The first kappa shape index (κ1) is 21.5. The predicted molar refractivity (Wildman–Crippen MR) is 91.7 cm³/mol. The van der Waals surface area contributed by atoms with Crippen molar-refractivity contribution >= 4 is 23.8 Å². The Morgan fingerprint density at radius 3 is 2.04 bits per heavy atom. The van der Waals surface area contributed by atoms with E-state index in [2.05, 4.69) is 5.32 Å². The quantitative estimate of drug-likeness (QED) is 0.511. The van der Waals surface area contributed by atoms with Crippen LogP contribution < -0.4 is 30.6 Å². The first-order valence-electron chi connectivity index (χ1n) is 7.61. The monoisotopic (exact) mass is 383 g/mol. The lowest BCUT2D eigenvalue weighted by Crippen LogP contribution is -2.43. The Labute approximate surface area is 155 Å². The van der Waals surface area contributed by atoms with E-state index in [9.17, 15) is 19.2 Å². The van der Waals surface area contributed by atoms with Gasteiger partial charge < -0.3 is 30.0 Å². The fourth-order valence-corrected chi connectivity index (χ4v) is 1.98. The summed E-state index contributed by atoms with van der Waals surface area (Å²) < 4.78 is 20.2. The Kier molecular flexibility index (Phi) is 7.86. The third-order valence-corrected chi connectivity index (χ3v) is 3.24. The summed E-state index contributed by atoms with van der Waals surface area (Å²) in [5.41, 5.74) is 4.94. The van der Waals surface area contributed by atoms with Crippen molar-refractivity contribution in [2.75, 3.05) is 27.9 Å². The number of urea groups is 1. The number of nitrogens with two attached hydrogens (primary N) is 1. The number of amides is 4. The molecule has 0 aliphatic heterocycles. The molecule has 0 saturated heterocycles. The second-order valence-corrected chi connectivity index (χ2v) is 5.08. The highest BCUT2D eigenvalue weighted by molar-refractivity contribution is 5.98. The Balaban J connectivity index is 2.73. The van der Waals surface area contributed by atoms with Crippen molar-refractivity contribution in [1.29, 1.82) is 0 Å². The molecule has 0 fully saturated rings. The molecule has 4 amide bonds. The van der Waals surface area contributed by atoms with Gasteiger partial charge in [-0.1, -0.05) is 0 Å². The summed E-state index contributed by atoms with van der Waals surface area (Å²) in [6, 6.07) is 1.74. The van der Waals surface area contributed by atoms with Crippen LogP contribution in [-0.4, -0.2) is 57.8 Å². The summed E-state index contributed by atoms with van der Waals surface area (Å²) in [7, 11) is 4.22. The minimum Gasteiger partial charge on any atom is -0.493 e. The van der Waals surface area contributed by atoms with Crippen LogP contribution in [0.1, 0.15) is 17.3 Å². The fourth-order valence-electron chi connectivity index (χ4n) is 1.98. The lowest BCUT2D eigenvalue weighted by Gasteiger charge is -2.14. The second-order valence-electron chi connectivity index (χ2n) is 5.08. The average Bonchev–Trinajstić information content (AvgIpc) is 2.63. The van der Waals surface area contributed by atoms with Crippen LogP contribution in [0.4, 0.5) is 4.79 Å². The zero-order valence-corrected chi connectivity index (χ0v) is 15.3. The first-order chi connectivity index (χ1) is 12.7. The Morgan fingerprint density at radius 1 is 1.04 bits per heavy atom. The molecule has 11 nitrogen and oxygen atoms in total. The maximum atomic E-state index is 12.2. The number of primary amides is 1. The topological polar surface area (TPSA) is 155 Å². The number of carbonyl (C=O) groups excluding carboxylic acids is 4. The van der Waals surface area contributed by atoms with Gasteiger partial charge in [-0.2, -0.15) is 0 Å². The summed E-state index contributed by atoms with van der Waals surface area (Å²) in [6.45, 7) is 0.737. The number of carbonyl (C=O) groups is 4. The summed E-state index contributed by atoms with van der Waals surface area (Å²) in [5, 5.41) is 4.11. The molecule has 0 aliphatic carbocycles. The zero-order valence-electron chi connectivity index (χ0n) is 15.3. The molecule has 1 rings (SSSR count). The van der Waals surface area contributed by atoms with E-state index in [1.807, 2.05) is 0 Å². The average molecular weight is 383 g/mol. The smallest absolute Gasteiger partial charge is 0.326 e. The van der Waals surface area contributed by atoms with Crippen molar-refractivity contribution in [2.24, 2.45) is 5.73 Å². The van der Waals surface area contributed by atoms with Crippen molar-refractivity contribution in [3.8, 4) is 17.2 Å². The molecule has 1 aromatic rings. The zero-order chi connectivity index (χ0) is 20.6. The number of nitrogens with one attached hydrogen (secondary N) is 2. The molecule has 1 unspecified atom stereocenters. The van der Waals surface area contributed by atoms with Crippen LogP contribution in [0.3, 0.4) is 0 Å². The number of hydrogen-bond donors (Lipinski definition) is 3. The number of esters is 1. The highest BCUT2D eigenvalue weighted by Crippen LogP contribution is 2.38. The number of imide groups is 1. The lowest BCUT2D eigenvalue weighted by atomic mass is 10.1. The standard InChI is InChI=1S/C16H21N3O8/c1-8(14(21)19-16(17)23)27-12(20)7-18-15(22)9-5-10(24-2)13(26-4)11(6-9)25-3/h5-6,8H,7H2,1-4H3,(H,18,22)(H3,17,19,21,23). The van der Waals surface area contributed by atoms with E-state index in [0.29, 0.717) is 5.75 Å². The van der Waals surface area contributed by atoms with Gasteiger partial charge in [-0.05, 0) is 19.1 Å². The van der Waals surface area contributed by atoms with Crippen LogP contribution in [0.25, 0.3) is 0 Å². The van der Waals surface area contributed by atoms with Crippen molar-refractivity contribution in [3.05, 3.63) is 17.7 Å². The van der Waals surface area contributed by atoms with Crippen LogP contribution in [0, 0.1) is 0 Å². The number of ether oxygens (including phenoxy) is 4. The van der Waals surface area contributed by atoms with E-state index in [4.69, 9.17) is 24.7 Å². The van der Waals surface area contributed by atoms with Crippen molar-refractivity contribution in [1.82, 2.24) is 10.6 Å². The molecule has 27 heavy (non-hydrogen) atoms. The molecule has 0 saturated carbocycles. The van der Waals surface area contributed by atoms with Crippen LogP contribution in [0.2, 0.25) is 0 Å². The molecule has 0 spiro atoms. The number of hydrogen-bond acceptors (Lipinski definition) is 8.